The van der Waals surface area contributed by atoms with E-state index in [-0.39, 0.29) is 5.02 Å². The zero-order chi connectivity index (χ0) is 16.5. The quantitative estimate of drug-likeness (QED) is 0.679. The molecule has 1 N–H and O–H groups in total. The average Bonchev–Trinajstić information content (AvgIpc) is 2.42. The van der Waals surface area contributed by atoms with Crippen LogP contribution in [0.1, 0.15) is 11.1 Å². The molecule has 0 saturated heterocycles. The molecule has 8 heteroatoms. The number of nitro groups is 1. The molecule has 2 aromatic carbocycles. The fourth-order valence-corrected chi connectivity index (χ4v) is 3.35. The Hall–Kier alpha value is -2.12. The summed E-state index contributed by atoms with van der Waals surface area (Å²) < 4.78 is 27.3. The van der Waals surface area contributed by atoms with Gasteiger partial charge in [0.1, 0.15) is 0 Å². The van der Waals surface area contributed by atoms with E-state index in [1.165, 1.54) is 6.07 Å². The van der Waals surface area contributed by atoms with E-state index in [1.807, 2.05) is 13.0 Å². The van der Waals surface area contributed by atoms with Crippen LogP contribution >= 0.6 is 11.6 Å². The Morgan fingerprint density at radius 3 is 2.45 bits per heavy atom. The first-order chi connectivity index (χ1) is 10.2. The van der Waals surface area contributed by atoms with Crippen molar-refractivity contribution in [2.75, 3.05) is 4.72 Å². The van der Waals surface area contributed by atoms with E-state index in [0.717, 1.165) is 17.7 Å². The van der Waals surface area contributed by atoms with Gasteiger partial charge in [-0.25, -0.2) is 8.42 Å². The zero-order valence-corrected chi connectivity index (χ0v) is 13.4. The minimum absolute atomic E-state index is 0.0948. The monoisotopic (exact) mass is 340 g/mol. The molecule has 0 aliphatic rings. The van der Waals surface area contributed by atoms with Gasteiger partial charge in [0.25, 0.3) is 15.7 Å². The number of hydrogen-bond donors (Lipinski definition) is 1. The predicted molar refractivity (Wildman–Crippen MR) is 84.8 cm³/mol. The first-order valence-corrected chi connectivity index (χ1v) is 8.11. The molecule has 0 aliphatic carbocycles. The molecular weight excluding hydrogens is 328 g/mol. The molecule has 0 spiro atoms. The fourth-order valence-electron chi connectivity index (χ4n) is 1.91. The van der Waals surface area contributed by atoms with Gasteiger partial charge in [0, 0.05) is 11.1 Å². The third kappa shape index (κ3) is 3.37. The second kappa shape index (κ2) is 5.94. The first kappa shape index (κ1) is 16.3. The van der Waals surface area contributed by atoms with E-state index in [0.29, 0.717) is 11.3 Å². The van der Waals surface area contributed by atoms with Crippen molar-refractivity contribution >= 4 is 33.0 Å². The van der Waals surface area contributed by atoms with Crippen LogP contribution in [0.3, 0.4) is 0 Å². The summed E-state index contributed by atoms with van der Waals surface area (Å²) in [6, 6.07) is 8.70. The highest BCUT2D eigenvalue weighted by Gasteiger charge is 2.26. The zero-order valence-electron chi connectivity index (χ0n) is 11.8. The van der Waals surface area contributed by atoms with Gasteiger partial charge >= 0.3 is 0 Å². The lowest BCUT2D eigenvalue weighted by Gasteiger charge is -2.11. The largest absolute Gasteiger partial charge is 0.291 e. The maximum absolute atomic E-state index is 12.4. The van der Waals surface area contributed by atoms with Gasteiger partial charge in [-0.2, -0.15) is 0 Å². The maximum Gasteiger partial charge on any atom is 0.291 e. The van der Waals surface area contributed by atoms with Crippen LogP contribution in [0, 0.1) is 24.0 Å². The average molecular weight is 341 g/mol. The van der Waals surface area contributed by atoms with Crippen LogP contribution in [0.5, 0.6) is 0 Å². The number of halogens is 1. The van der Waals surface area contributed by atoms with Gasteiger partial charge < -0.3 is 0 Å². The topological polar surface area (TPSA) is 89.3 Å². The van der Waals surface area contributed by atoms with Crippen molar-refractivity contribution in [1.82, 2.24) is 0 Å². The third-order valence-corrected chi connectivity index (χ3v) is 4.69. The molecule has 2 aromatic rings. The summed E-state index contributed by atoms with van der Waals surface area (Å²) in [6.45, 7) is 3.57. The summed E-state index contributed by atoms with van der Waals surface area (Å²) in [6.07, 6.45) is 0. The van der Waals surface area contributed by atoms with E-state index in [9.17, 15) is 18.5 Å². The number of hydrogen-bond acceptors (Lipinski definition) is 4. The molecule has 0 saturated carbocycles. The molecule has 0 amide bonds. The number of sulfonamides is 1. The highest BCUT2D eigenvalue weighted by atomic mass is 35.5. The maximum atomic E-state index is 12.4. The first-order valence-electron chi connectivity index (χ1n) is 6.25. The molecule has 0 aromatic heterocycles. The standard InChI is InChI=1S/C14H13ClN2O4S/c1-9-3-4-10(2)12(7-9)16-22(20,21)14-6-5-11(15)8-13(14)17(18)19/h3-8,16H,1-2H3. The van der Waals surface area contributed by atoms with Crippen molar-refractivity contribution in [2.24, 2.45) is 0 Å². The summed E-state index contributed by atoms with van der Waals surface area (Å²) in [4.78, 5) is 9.85. The predicted octanol–water partition coefficient (Wildman–Crippen LogP) is 3.67. The van der Waals surface area contributed by atoms with E-state index >= 15 is 0 Å². The number of nitrogens with one attached hydrogen (secondary N) is 1. The second-order valence-electron chi connectivity index (χ2n) is 4.79. The van der Waals surface area contributed by atoms with E-state index in [2.05, 4.69) is 4.72 Å². The smallest absolute Gasteiger partial charge is 0.279 e. The molecule has 0 bridgehead atoms. The van der Waals surface area contributed by atoms with Gasteiger partial charge in [-0.3, -0.25) is 14.8 Å². The summed E-state index contributed by atoms with van der Waals surface area (Å²) in [7, 11) is -4.10. The van der Waals surface area contributed by atoms with Crippen LogP contribution in [0.2, 0.25) is 5.02 Å². The molecule has 6 nitrogen and oxygen atoms in total. The lowest BCUT2D eigenvalue weighted by Crippen LogP contribution is -2.15. The van der Waals surface area contributed by atoms with Crippen molar-refractivity contribution in [3.63, 3.8) is 0 Å². The van der Waals surface area contributed by atoms with Gasteiger partial charge in [-0.05, 0) is 43.2 Å². The third-order valence-electron chi connectivity index (χ3n) is 3.04. The van der Waals surface area contributed by atoms with Gasteiger partial charge in [-0.1, -0.05) is 23.7 Å². The Morgan fingerprint density at radius 2 is 1.82 bits per heavy atom. The Labute approximate surface area is 132 Å². The van der Waals surface area contributed by atoms with Gasteiger partial charge in [0.2, 0.25) is 0 Å². The number of anilines is 1. The van der Waals surface area contributed by atoms with Crippen molar-refractivity contribution in [3.8, 4) is 0 Å². The number of benzene rings is 2. The summed E-state index contributed by atoms with van der Waals surface area (Å²) in [5.74, 6) is 0. The SMILES string of the molecule is Cc1ccc(C)c(NS(=O)(=O)c2ccc(Cl)cc2[N+](=O)[O-])c1. The normalized spacial score (nSPS) is 11.2. The molecule has 2 rings (SSSR count). The van der Waals surface area contributed by atoms with Gasteiger partial charge in [0.15, 0.2) is 4.90 Å². The van der Waals surface area contributed by atoms with E-state index in [1.54, 1.807) is 19.1 Å². The highest BCUT2D eigenvalue weighted by Crippen LogP contribution is 2.29. The van der Waals surface area contributed by atoms with Crippen LogP contribution in [0.25, 0.3) is 0 Å². The highest BCUT2D eigenvalue weighted by molar-refractivity contribution is 7.92. The van der Waals surface area contributed by atoms with Crippen LogP contribution in [-0.4, -0.2) is 13.3 Å². The fraction of sp³-hybridized carbons (Fsp3) is 0.143. The number of aryl methyl sites for hydroxylation is 2. The van der Waals surface area contributed by atoms with Crippen molar-refractivity contribution in [2.45, 2.75) is 18.7 Å². The van der Waals surface area contributed by atoms with Gasteiger partial charge in [0.05, 0.1) is 10.6 Å². The van der Waals surface area contributed by atoms with Crippen molar-refractivity contribution < 1.29 is 13.3 Å². The van der Waals surface area contributed by atoms with E-state index < -0.39 is 25.5 Å². The molecular formula is C14H13ClN2O4S. The summed E-state index contributed by atoms with van der Waals surface area (Å²) in [5, 5.41) is 11.1. The molecule has 116 valence electrons. The van der Waals surface area contributed by atoms with Crippen LogP contribution in [-0.2, 0) is 10.0 Å². The molecule has 0 unspecified atom stereocenters. The summed E-state index contributed by atoms with van der Waals surface area (Å²) >= 11 is 5.70. The molecule has 0 radical (unpaired) electrons. The Kier molecular flexibility index (Phi) is 4.39. The molecule has 0 fully saturated rings. The number of nitrogens with zero attached hydrogens (tertiary/aromatic N) is 1. The molecule has 22 heavy (non-hydrogen) atoms. The van der Waals surface area contributed by atoms with Crippen LogP contribution < -0.4 is 4.72 Å². The molecule has 0 aliphatic heterocycles. The minimum atomic E-state index is -4.10. The van der Waals surface area contributed by atoms with Crippen LogP contribution in [0.15, 0.2) is 41.3 Å². The summed E-state index contributed by atoms with van der Waals surface area (Å²) in [5.41, 5.74) is 1.40. The Morgan fingerprint density at radius 1 is 1.14 bits per heavy atom. The molecule has 0 heterocycles. The van der Waals surface area contributed by atoms with Crippen molar-refractivity contribution in [3.05, 3.63) is 62.7 Å². The van der Waals surface area contributed by atoms with Crippen molar-refractivity contribution in [1.29, 1.82) is 0 Å². The van der Waals surface area contributed by atoms with Gasteiger partial charge in [-0.15, -0.1) is 0 Å². The second-order valence-corrected chi connectivity index (χ2v) is 6.88. The van der Waals surface area contributed by atoms with E-state index in [4.69, 9.17) is 11.6 Å². The molecule has 0 atom stereocenters. The number of nitro benzene ring substituents is 1. The lowest BCUT2D eigenvalue weighted by molar-refractivity contribution is -0.387. The minimum Gasteiger partial charge on any atom is -0.279 e. The number of rotatable bonds is 4. The lowest BCUT2D eigenvalue weighted by atomic mass is 10.1. The Balaban J connectivity index is 2.52. The Bertz CT molecular complexity index is 850. The van der Waals surface area contributed by atoms with Crippen LogP contribution in [0.4, 0.5) is 11.4 Å².